The first-order valence-electron chi connectivity index (χ1n) is 6.94. The van der Waals surface area contributed by atoms with Gasteiger partial charge in [-0.3, -0.25) is 4.90 Å². The van der Waals surface area contributed by atoms with Crippen LogP contribution in [0, 0.1) is 0 Å². The summed E-state index contributed by atoms with van der Waals surface area (Å²) in [6, 6.07) is 6.43. The molecule has 1 aromatic rings. The highest BCUT2D eigenvalue weighted by molar-refractivity contribution is 5.61. The molecular formula is C16H21NO. The molecule has 2 nitrogen and oxygen atoms in total. The molecule has 0 atom stereocenters. The van der Waals surface area contributed by atoms with Crippen molar-refractivity contribution < 1.29 is 4.74 Å². The molecule has 1 fully saturated rings. The van der Waals surface area contributed by atoms with Crippen LogP contribution in [-0.4, -0.2) is 31.6 Å². The van der Waals surface area contributed by atoms with Crippen LogP contribution < -0.4 is 4.74 Å². The van der Waals surface area contributed by atoms with E-state index in [4.69, 9.17) is 4.74 Å². The Balaban J connectivity index is 1.76. The summed E-state index contributed by atoms with van der Waals surface area (Å²) in [7, 11) is 1.74. The molecule has 1 heterocycles. The molecule has 0 bridgehead atoms. The first-order valence-corrected chi connectivity index (χ1v) is 6.94. The van der Waals surface area contributed by atoms with Gasteiger partial charge in [-0.1, -0.05) is 17.7 Å². The molecule has 0 unspecified atom stereocenters. The van der Waals surface area contributed by atoms with E-state index in [1.54, 1.807) is 12.7 Å². The van der Waals surface area contributed by atoms with Crippen LogP contribution >= 0.6 is 0 Å². The van der Waals surface area contributed by atoms with Crippen molar-refractivity contribution in [3.05, 3.63) is 34.9 Å². The third-order valence-corrected chi connectivity index (χ3v) is 4.05. The number of benzene rings is 1. The molecule has 0 saturated carbocycles. The van der Waals surface area contributed by atoms with Gasteiger partial charge in [0.2, 0.25) is 0 Å². The molecule has 1 aliphatic heterocycles. The summed E-state index contributed by atoms with van der Waals surface area (Å²) < 4.78 is 5.29. The molecule has 0 radical (unpaired) electrons. The summed E-state index contributed by atoms with van der Waals surface area (Å²) in [5, 5.41) is 0. The summed E-state index contributed by atoms with van der Waals surface area (Å²) >= 11 is 0. The van der Waals surface area contributed by atoms with Crippen molar-refractivity contribution in [2.75, 3.05) is 26.7 Å². The average Bonchev–Trinajstić information content (AvgIpc) is 2.91. The fourth-order valence-electron chi connectivity index (χ4n) is 3.01. The summed E-state index contributed by atoms with van der Waals surface area (Å²) in [5.41, 5.74) is 4.41. The summed E-state index contributed by atoms with van der Waals surface area (Å²) in [4.78, 5) is 2.58. The van der Waals surface area contributed by atoms with Gasteiger partial charge in [0.05, 0.1) is 7.11 Å². The average molecular weight is 243 g/mol. The molecule has 0 spiro atoms. The van der Waals surface area contributed by atoms with Gasteiger partial charge in [-0.05, 0) is 62.0 Å². The quantitative estimate of drug-likeness (QED) is 0.808. The Morgan fingerprint density at radius 2 is 2.00 bits per heavy atom. The predicted octanol–water partition coefficient (Wildman–Crippen LogP) is 3.12. The lowest BCUT2D eigenvalue weighted by molar-refractivity contribution is 0.365. The maximum absolute atomic E-state index is 5.29. The molecule has 18 heavy (non-hydrogen) atoms. The minimum atomic E-state index is 0.977. The van der Waals surface area contributed by atoms with Gasteiger partial charge in [-0.25, -0.2) is 0 Å². The lowest BCUT2D eigenvalue weighted by Crippen LogP contribution is -2.22. The predicted molar refractivity (Wildman–Crippen MR) is 75.0 cm³/mol. The highest BCUT2D eigenvalue weighted by atomic mass is 16.5. The Morgan fingerprint density at radius 3 is 2.78 bits per heavy atom. The number of hydrogen-bond donors (Lipinski definition) is 0. The number of aryl methyl sites for hydroxylation is 1. The Kier molecular flexibility index (Phi) is 3.37. The molecule has 0 amide bonds. The van der Waals surface area contributed by atoms with Crippen molar-refractivity contribution in [1.29, 1.82) is 0 Å². The lowest BCUT2D eigenvalue weighted by Gasteiger charge is -2.21. The van der Waals surface area contributed by atoms with Crippen LogP contribution in [0.1, 0.15) is 30.4 Å². The molecule has 2 aliphatic rings. The third-order valence-electron chi connectivity index (χ3n) is 4.05. The number of methoxy groups -OCH3 is 1. The second-order valence-corrected chi connectivity index (χ2v) is 5.35. The van der Waals surface area contributed by atoms with Crippen LogP contribution in [0.3, 0.4) is 0 Å². The fraction of sp³-hybridized carbons (Fsp3) is 0.500. The van der Waals surface area contributed by atoms with Crippen molar-refractivity contribution in [2.45, 2.75) is 25.7 Å². The second-order valence-electron chi connectivity index (χ2n) is 5.35. The molecule has 0 N–H and O–H groups in total. The van der Waals surface area contributed by atoms with Crippen molar-refractivity contribution in [1.82, 2.24) is 4.90 Å². The molecule has 0 aromatic heterocycles. The topological polar surface area (TPSA) is 12.5 Å². The van der Waals surface area contributed by atoms with Gasteiger partial charge in [0.25, 0.3) is 0 Å². The van der Waals surface area contributed by atoms with Crippen LogP contribution in [0.4, 0.5) is 0 Å². The van der Waals surface area contributed by atoms with E-state index in [1.807, 2.05) is 0 Å². The van der Waals surface area contributed by atoms with E-state index >= 15 is 0 Å². The maximum Gasteiger partial charge on any atom is 0.119 e. The molecule has 1 saturated heterocycles. The van der Waals surface area contributed by atoms with Crippen molar-refractivity contribution in [3.8, 4) is 5.75 Å². The second kappa shape index (κ2) is 5.15. The first-order chi connectivity index (χ1) is 8.85. The van der Waals surface area contributed by atoms with Crippen molar-refractivity contribution in [2.24, 2.45) is 0 Å². The molecule has 3 rings (SSSR count). The Labute approximate surface area is 109 Å². The Hall–Kier alpha value is -1.28. The monoisotopic (exact) mass is 243 g/mol. The molecule has 96 valence electrons. The van der Waals surface area contributed by atoms with Crippen molar-refractivity contribution >= 4 is 6.08 Å². The van der Waals surface area contributed by atoms with Gasteiger partial charge in [-0.15, -0.1) is 0 Å². The third kappa shape index (κ3) is 2.44. The van der Waals surface area contributed by atoms with Gasteiger partial charge in [0.1, 0.15) is 5.75 Å². The fourth-order valence-corrected chi connectivity index (χ4v) is 3.01. The smallest absolute Gasteiger partial charge is 0.119 e. The SMILES string of the molecule is COc1ccc2c(c1)CCC(CN1CCCC1)=C2. The number of hydrogen-bond acceptors (Lipinski definition) is 2. The van der Waals surface area contributed by atoms with Crippen LogP contribution in [-0.2, 0) is 6.42 Å². The number of rotatable bonds is 3. The minimum Gasteiger partial charge on any atom is -0.497 e. The van der Waals surface area contributed by atoms with Gasteiger partial charge in [0, 0.05) is 6.54 Å². The van der Waals surface area contributed by atoms with Gasteiger partial charge >= 0.3 is 0 Å². The van der Waals surface area contributed by atoms with Gasteiger partial charge < -0.3 is 4.74 Å². The highest BCUT2D eigenvalue weighted by Gasteiger charge is 2.16. The molecule has 1 aliphatic carbocycles. The standard InChI is InChI=1S/C16H21NO/c1-18-16-7-6-14-10-13(4-5-15(14)11-16)12-17-8-2-3-9-17/h6-7,10-11H,2-5,8-9,12H2,1H3. The number of nitrogens with zero attached hydrogens (tertiary/aromatic N) is 1. The Bertz CT molecular complexity index is 458. The number of ether oxygens (including phenoxy) is 1. The molecule has 2 heteroatoms. The van der Waals surface area contributed by atoms with Crippen LogP contribution in [0.15, 0.2) is 23.8 Å². The van der Waals surface area contributed by atoms with E-state index < -0.39 is 0 Å². The normalized spacial score (nSPS) is 19.5. The zero-order valence-corrected chi connectivity index (χ0v) is 11.1. The van der Waals surface area contributed by atoms with Crippen LogP contribution in [0.25, 0.3) is 6.08 Å². The summed E-state index contributed by atoms with van der Waals surface area (Å²) in [5.74, 6) is 0.977. The first kappa shape index (κ1) is 11.8. The summed E-state index contributed by atoms with van der Waals surface area (Å²) in [6.07, 6.45) is 7.50. The zero-order valence-electron chi connectivity index (χ0n) is 11.1. The number of fused-ring (bicyclic) bond motifs is 1. The van der Waals surface area contributed by atoms with Crippen LogP contribution in [0.2, 0.25) is 0 Å². The van der Waals surface area contributed by atoms with E-state index in [1.165, 1.54) is 50.0 Å². The van der Waals surface area contributed by atoms with E-state index in [9.17, 15) is 0 Å². The summed E-state index contributed by atoms with van der Waals surface area (Å²) in [6.45, 7) is 3.74. The molecule has 1 aromatic carbocycles. The zero-order chi connectivity index (χ0) is 12.4. The highest BCUT2D eigenvalue weighted by Crippen LogP contribution is 2.28. The van der Waals surface area contributed by atoms with Crippen LogP contribution in [0.5, 0.6) is 5.75 Å². The number of likely N-dealkylation sites (tertiary alicyclic amines) is 1. The van der Waals surface area contributed by atoms with E-state index in [0.29, 0.717) is 0 Å². The van der Waals surface area contributed by atoms with Gasteiger partial charge in [-0.2, -0.15) is 0 Å². The van der Waals surface area contributed by atoms with E-state index in [-0.39, 0.29) is 0 Å². The Morgan fingerprint density at radius 1 is 1.17 bits per heavy atom. The lowest BCUT2D eigenvalue weighted by atomic mass is 9.92. The van der Waals surface area contributed by atoms with Gasteiger partial charge in [0.15, 0.2) is 0 Å². The van der Waals surface area contributed by atoms with E-state index in [0.717, 1.165) is 12.2 Å². The largest absolute Gasteiger partial charge is 0.497 e. The van der Waals surface area contributed by atoms with Crippen molar-refractivity contribution in [3.63, 3.8) is 0 Å². The van der Waals surface area contributed by atoms with E-state index in [2.05, 4.69) is 29.2 Å². The minimum absolute atomic E-state index is 0.977. The maximum atomic E-state index is 5.29. The molecular weight excluding hydrogens is 222 g/mol.